The summed E-state index contributed by atoms with van der Waals surface area (Å²) in [5, 5.41) is 8.26. The van der Waals surface area contributed by atoms with E-state index in [1.807, 2.05) is 0 Å². The molecule has 1 aromatic carbocycles. The quantitative estimate of drug-likeness (QED) is 0.865. The van der Waals surface area contributed by atoms with E-state index < -0.39 is 0 Å². The zero-order chi connectivity index (χ0) is 14.8. The number of hydrogen-bond acceptors (Lipinski definition) is 4. The Balaban J connectivity index is 1.65. The van der Waals surface area contributed by atoms with Gasteiger partial charge in [0.05, 0.1) is 6.54 Å². The highest BCUT2D eigenvalue weighted by atomic mass is 16.4. The lowest BCUT2D eigenvalue weighted by Crippen LogP contribution is -2.36. The van der Waals surface area contributed by atoms with Crippen LogP contribution in [0.15, 0.2) is 28.7 Å². The van der Waals surface area contributed by atoms with Gasteiger partial charge in [0.2, 0.25) is 11.8 Å². The van der Waals surface area contributed by atoms with Gasteiger partial charge in [-0.1, -0.05) is 38.1 Å². The average Bonchev–Trinajstić information content (AvgIpc) is 2.95. The summed E-state index contributed by atoms with van der Waals surface area (Å²) in [6, 6.07) is 9.31. The van der Waals surface area contributed by atoms with Crippen LogP contribution in [-0.4, -0.2) is 28.2 Å². The molecule has 0 saturated heterocycles. The van der Waals surface area contributed by atoms with Gasteiger partial charge in [0.25, 0.3) is 0 Å². The molecule has 4 nitrogen and oxygen atoms in total. The minimum atomic E-state index is 0.290. The summed E-state index contributed by atoms with van der Waals surface area (Å²) in [6.45, 7) is 4.87. The highest BCUT2D eigenvalue weighted by molar-refractivity contribution is 5.30. The maximum atomic E-state index is 5.71. The number of likely N-dealkylation sites (N-methyl/N-ethyl adjacent to an activating group) is 1. The lowest BCUT2D eigenvalue weighted by Gasteiger charge is -2.31. The van der Waals surface area contributed by atoms with Gasteiger partial charge < -0.3 is 4.42 Å². The molecule has 0 unspecified atom stereocenters. The van der Waals surface area contributed by atoms with Gasteiger partial charge >= 0.3 is 0 Å². The summed E-state index contributed by atoms with van der Waals surface area (Å²) in [5.41, 5.74) is 2.98. The summed E-state index contributed by atoms with van der Waals surface area (Å²) in [6.07, 6.45) is 3.46. The third-order valence-electron chi connectivity index (χ3n) is 4.31. The summed E-state index contributed by atoms with van der Waals surface area (Å²) < 4.78 is 5.71. The second-order valence-corrected chi connectivity index (χ2v) is 6.27. The van der Waals surface area contributed by atoms with Crippen LogP contribution >= 0.6 is 0 Å². The smallest absolute Gasteiger partial charge is 0.230 e. The van der Waals surface area contributed by atoms with Gasteiger partial charge in [-0.05, 0) is 37.4 Å². The van der Waals surface area contributed by atoms with E-state index in [9.17, 15) is 0 Å². The van der Waals surface area contributed by atoms with E-state index in [0.717, 1.165) is 31.2 Å². The van der Waals surface area contributed by atoms with E-state index in [1.165, 1.54) is 17.5 Å². The Bertz CT molecular complexity index is 606. The van der Waals surface area contributed by atoms with E-state index in [-0.39, 0.29) is 5.92 Å². The van der Waals surface area contributed by atoms with Gasteiger partial charge in [-0.25, -0.2) is 0 Å². The number of fused-ring (bicyclic) bond motifs is 1. The molecule has 1 heterocycles. The number of aryl methyl sites for hydroxylation is 1. The molecule has 0 radical (unpaired) electrons. The Hall–Kier alpha value is -1.68. The molecule has 0 bridgehead atoms. The predicted molar refractivity (Wildman–Crippen MR) is 82.1 cm³/mol. The van der Waals surface area contributed by atoms with E-state index in [1.54, 1.807) is 0 Å². The standard InChI is InChI=1S/C17H23N3O/c1-12(2)17-19-18-16(21-17)11-20(3)15-9-8-13-6-4-5-7-14(13)10-15/h4-7,12,15H,8-11H2,1-3H3/t15-/m1/s1. The largest absolute Gasteiger partial charge is 0.424 e. The van der Waals surface area contributed by atoms with Crippen LogP contribution in [0.5, 0.6) is 0 Å². The Morgan fingerprint density at radius 3 is 2.71 bits per heavy atom. The first kappa shape index (κ1) is 14.3. The van der Waals surface area contributed by atoms with Crippen LogP contribution in [-0.2, 0) is 19.4 Å². The lowest BCUT2D eigenvalue weighted by molar-refractivity contribution is 0.193. The van der Waals surface area contributed by atoms with Gasteiger partial charge in [-0.2, -0.15) is 0 Å². The molecule has 1 aromatic heterocycles. The van der Waals surface area contributed by atoms with Crippen LogP contribution in [0.25, 0.3) is 0 Å². The number of rotatable bonds is 4. The molecule has 1 aliphatic rings. The van der Waals surface area contributed by atoms with E-state index in [2.05, 4.69) is 60.3 Å². The van der Waals surface area contributed by atoms with Crippen molar-refractivity contribution in [3.63, 3.8) is 0 Å². The Morgan fingerprint density at radius 1 is 1.24 bits per heavy atom. The zero-order valence-electron chi connectivity index (χ0n) is 13.0. The molecular formula is C17H23N3O. The molecule has 3 rings (SSSR count). The summed E-state index contributed by atoms with van der Waals surface area (Å²) in [5.74, 6) is 1.74. The third-order valence-corrected chi connectivity index (χ3v) is 4.31. The van der Waals surface area contributed by atoms with Crippen LogP contribution in [0.3, 0.4) is 0 Å². The molecule has 21 heavy (non-hydrogen) atoms. The average molecular weight is 285 g/mol. The van der Waals surface area contributed by atoms with Crippen molar-refractivity contribution in [2.75, 3.05) is 7.05 Å². The second-order valence-electron chi connectivity index (χ2n) is 6.27. The minimum absolute atomic E-state index is 0.290. The maximum Gasteiger partial charge on any atom is 0.230 e. The topological polar surface area (TPSA) is 42.2 Å². The van der Waals surface area contributed by atoms with Crippen molar-refractivity contribution >= 4 is 0 Å². The number of nitrogens with zero attached hydrogens (tertiary/aromatic N) is 3. The van der Waals surface area contributed by atoms with Crippen molar-refractivity contribution in [3.8, 4) is 0 Å². The van der Waals surface area contributed by atoms with Gasteiger partial charge in [-0.3, -0.25) is 4.90 Å². The Labute approximate surface area is 126 Å². The van der Waals surface area contributed by atoms with Crippen molar-refractivity contribution in [1.29, 1.82) is 0 Å². The lowest BCUT2D eigenvalue weighted by atomic mass is 9.88. The molecule has 0 amide bonds. The summed E-state index contributed by atoms with van der Waals surface area (Å²) >= 11 is 0. The molecular weight excluding hydrogens is 262 g/mol. The monoisotopic (exact) mass is 285 g/mol. The first-order valence-electron chi connectivity index (χ1n) is 7.72. The van der Waals surface area contributed by atoms with Crippen LogP contribution in [0.2, 0.25) is 0 Å². The van der Waals surface area contributed by atoms with Crippen molar-refractivity contribution in [3.05, 3.63) is 47.2 Å². The molecule has 0 spiro atoms. The number of benzene rings is 1. The van der Waals surface area contributed by atoms with E-state index >= 15 is 0 Å². The van der Waals surface area contributed by atoms with Crippen LogP contribution in [0, 0.1) is 0 Å². The van der Waals surface area contributed by atoms with E-state index in [4.69, 9.17) is 4.42 Å². The molecule has 0 fully saturated rings. The SMILES string of the molecule is CC(C)c1nnc(CN(C)[C@@H]2CCc3ccccc3C2)o1. The van der Waals surface area contributed by atoms with Crippen molar-refractivity contribution in [1.82, 2.24) is 15.1 Å². The van der Waals surface area contributed by atoms with Crippen molar-refractivity contribution in [2.45, 2.75) is 51.6 Å². The Morgan fingerprint density at radius 2 is 2.00 bits per heavy atom. The molecule has 0 aliphatic heterocycles. The van der Waals surface area contributed by atoms with Gasteiger partial charge in [0.15, 0.2) is 0 Å². The minimum Gasteiger partial charge on any atom is -0.424 e. The maximum absolute atomic E-state index is 5.71. The first-order chi connectivity index (χ1) is 10.1. The molecule has 4 heteroatoms. The van der Waals surface area contributed by atoms with Crippen LogP contribution in [0.1, 0.15) is 49.1 Å². The van der Waals surface area contributed by atoms with Gasteiger partial charge in [-0.15, -0.1) is 10.2 Å². The Kier molecular flexibility index (Phi) is 4.06. The highest BCUT2D eigenvalue weighted by Crippen LogP contribution is 2.24. The van der Waals surface area contributed by atoms with Crippen LogP contribution in [0.4, 0.5) is 0 Å². The second kappa shape index (κ2) is 5.98. The summed E-state index contributed by atoms with van der Waals surface area (Å²) in [4.78, 5) is 2.34. The van der Waals surface area contributed by atoms with Gasteiger partial charge in [0, 0.05) is 12.0 Å². The fourth-order valence-electron chi connectivity index (χ4n) is 2.96. The third kappa shape index (κ3) is 3.16. The first-order valence-corrected chi connectivity index (χ1v) is 7.72. The van der Waals surface area contributed by atoms with Gasteiger partial charge in [0.1, 0.15) is 0 Å². The molecule has 1 aliphatic carbocycles. The normalized spacial score (nSPS) is 18.2. The molecule has 2 aromatic rings. The zero-order valence-corrected chi connectivity index (χ0v) is 13.0. The molecule has 0 N–H and O–H groups in total. The number of aromatic nitrogens is 2. The predicted octanol–water partition coefficient (Wildman–Crippen LogP) is 3.18. The summed E-state index contributed by atoms with van der Waals surface area (Å²) in [7, 11) is 2.15. The van der Waals surface area contributed by atoms with Crippen molar-refractivity contribution < 1.29 is 4.42 Å². The fourth-order valence-corrected chi connectivity index (χ4v) is 2.96. The molecule has 112 valence electrons. The van der Waals surface area contributed by atoms with Crippen molar-refractivity contribution in [2.24, 2.45) is 0 Å². The number of hydrogen-bond donors (Lipinski definition) is 0. The molecule has 1 atom stereocenters. The van der Waals surface area contributed by atoms with Crippen LogP contribution < -0.4 is 0 Å². The molecule has 0 saturated carbocycles. The van der Waals surface area contributed by atoms with E-state index in [0.29, 0.717) is 6.04 Å². The fraction of sp³-hybridized carbons (Fsp3) is 0.529. The highest BCUT2D eigenvalue weighted by Gasteiger charge is 2.23.